The van der Waals surface area contributed by atoms with Crippen LogP contribution in [0.1, 0.15) is 5.89 Å². The van der Waals surface area contributed by atoms with Crippen LogP contribution in [-0.2, 0) is 6.42 Å². The highest BCUT2D eigenvalue weighted by Gasteiger charge is 2.04. The van der Waals surface area contributed by atoms with Gasteiger partial charge in [0.2, 0.25) is 5.89 Å². The topological polar surface area (TPSA) is 77.0 Å². The molecule has 0 spiro atoms. The lowest BCUT2D eigenvalue weighted by molar-refractivity contribution is 0.380. The molecule has 0 saturated heterocycles. The number of hydrogen-bond acceptors (Lipinski definition) is 5. The third-order valence-electron chi connectivity index (χ3n) is 2.11. The van der Waals surface area contributed by atoms with Crippen molar-refractivity contribution < 1.29 is 8.91 Å². The fourth-order valence-electron chi connectivity index (χ4n) is 1.30. The van der Waals surface area contributed by atoms with Gasteiger partial charge in [-0.15, -0.1) is 0 Å². The molecule has 0 atom stereocenters. The van der Waals surface area contributed by atoms with Gasteiger partial charge in [-0.2, -0.15) is 4.98 Å². The molecule has 2 aromatic rings. The highest BCUT2D eigenvalue weighted by Crippen LogP contribution is 2.20. The minimum atomic E-state index is -0.428. The summed E-state index contributed by atoms with van der Waals surface area (Å²) in [6.07, 6.45) is 1.90. The minimum Gasteiger partial charge on any atom is -0.395 e. The van der Waals surface area contributed by atoms with Crippen LogP contribution < -0.4 is 11.1 Å². The Balaban J connectivity index is 1.92. The van der Waals surface area contributed by atoms with E-state index in [4.69, 9.17) is 10.3 Å². The van der Waals surface area contributed by atoms with Gasteiger partial charge in [-0.05, 0) is 12.1 Å². The van der Waals surface area contributed by atoms with Crippen LogP contribution in [0.5, 0.6) is 0 Å². The van der Waals surface area contributed by atoms with Crippen molar-refractivity contribution in [1.29, 1.82) is 0 Å². The predicted molar refractivity (Wildman–Crippen MR) is 57.3 cm³/mol. The Labute approximate surface area is 91.5 Å². The molecule has 5 nitrogen and oxygen atoms in total. The van der Waals surface area contributed by atoms with Crippen LogP contribution in [0.2, 0.25) is 0 Å². The zero-order chi connectivity index (χ0) is 11.4. The van der Waals surface area contributed by atoms with E-state index in [-0.39, 0.29) is 5.69 Å². The summed E-state index contributed by atoms with van der Waals surface area (Å²) < 4.78 is 17.9. The number of nitrogens with two attached hydrogens (primary N) is 1. The highest BCUT2D eigenvalue weighted by molar-refractivity contribution is 5.66. The molecule has 0 fully saturated rings. The van der Waals surface area contributed by atoms with Crippen LogP contribution in [0.25, 0.3) is 0 Å². The lowest BCUT2D eigenvalue weighted by atomic mass is 10.2. The molecule has 0 aliphatic carbocycles. The second-order valence-electron chi connectivity index (χ2n) is 3.21. The van der Waals surface area contributed by atoms with Crippen LogP contribution in [0.15, 0.2) is 29.0 Å². The van der Waals surface area contributed by atoms with E-state index >= 15 is 0 Å². The van der Waals surface area contributed by atoms with E-state index in [1.165, 1.54) is 12.4 Å². The van der Waals surface area contributed by atoms with Crippen molar-refractivity contribution in [2.24, 2.45) is 0 Å². The number of hydrogen-bond donors (Lipinski definition) is 2. The number of anilines is 2. The molecule has 0 aliphatic heterocycles. The number of nitrogens with one attached hydrogen (secondary N) is 1. The van der Waals surface area contributed by atoms with Crippen LogP contribution in [0, 0.1) is 5.82 Å². The minimum absolute atomic E-state index is 0.119. The van der Waals surface area contributed by atoms with Crippen LogP contribution in [0.3, 0.4) is 0 Å². The molecule has 3 N–H and O–H groups in total. The smallest absolute Gasteiger partial charge is 0.228 e. The van der Waals surface area contributed by atoms with E-state index < -0.39 is 5.82 Å². The second kappa shape index (κ2) is 4.61. The van der Waals surface area contributed by atoms with E-state index in [0.717, 1.165) is 0 Å². The third kappa shape index (κ3) is 2.28. The first-order valence-corrected chi connectivity index (χ1v) is 4.81. The Bertz CT molecular complexity index is 458. The average Bonchev–Trinajstić information content (AvgIpc) is 2.77. The Hall–Kier alpha value is -2.11. The maximum atomic E-state index is 13.1. The van der Waals surface area contributed by atoms with Crippen molar-refractivity contribution in [3.05, 3.63) is 36.2 Å². The maximum Gasteiger partial charge on any atom is 0.228 e. The van der Waals surface area contributed by atoms with E-state index in [2.05, 4.69) is 15.5 Å². The molecule has 0 amide bonds. The Morgan fingerprint density at radius 3 is 3.06 bits per heavy atom. The van der Waals surface area contributed by atoms with E-state index in [9.17, 15) is 4.39 Å². The van der Waals surface area contributed by atoms with Crippen LogP contribution in [-0.4, -0.2) is 16.7 Å². The van der Waals surface area contributed by atoms with Crippen molar-refractivity contribution >= 4 is 11.4 Å². The van der Waals surface area contributed by atoms with Crippen molar-refractivity contribution in [2.75, 3.05) is 17.6 Å². The first kappa shape index (κ1) is 10.4. The molecule has 1 aromatic heterocycles. The molecule has 84 valence electrons. The second-order valence-corrected chi connectivity index (χ2v) is 3.21. The summed E-state index contributed by atoms with van der Waals surface area (Å²) in [4.78, 5) is 3.86. The first-order chi connectivity index (χ1) is 7.77. The number of halogens is 1. The molecule has 0 saturated carbocycles. The number of nitrogen functional groups attached to an aromatic ring is 1. The summed E-state index contributed by atoms with van der Waals surface area (Å²) in [5.41, 5.74) is 6.24. The lowest BCUT2D eigenvalue weighted by Crippen LogP contribution is -2.07. The third-order valence-corrected chi connectivity index (χ3v) is 2.11. The molecule has 6 heteroatoms. The van der Waals surface area contributed by atoms with Crippen molar-refractivity contribution in [1.82, 2.24) is 10.1 Å². The van der Waals surface area contributed by atoms with Gasteiger partial charge in [0.05, 0.1) is 11.4 Å². The average molecular weight is 222 g/mol. The molecular formula is C10H11FN4O. The van der Waals surface area contributed by atoms with Crippen molar-refractivity contribution in [3.63, 3.8) is 0 Å². The van der Waals surface area contributed by atoms with Gasteiger partial charge in [0.15, 0.2) is 6.33 Å². The number of rotatable bonds is 4. The van der Waals surface area contributed by atoms with E-state index in [1.54, 1.807) is 12.1 Å². The van der Waals surface area contributed by atoms with Gasteiger partial charge >= 0.3 is 0 Å². The van der Waals surface area contributed by atoms with Gasteiger partial charge in [-0.1, -0.05) is 11.2 Å². The molecule has 2 rings (SSSR count). The Morgan fingerprint density at radius 1 is 1.44 bits per heavy atom. The summed E-state index contributed by atoms with van der Waals surface area (Å²) in [5.74, 6) is 0.102. The van der Waals surface area contributed by atoms with E-state index in [1.807, 2.05) is 0 Å². The Kier molecular flexibility index (Phi) is 3.00. The monoisotopic (exact) mass is 222 g/mol. The van der Waals surface area contributed by atoms with E-state index in [0.29, 0.717) is 24.5 Å². The van der Waals surface area contributed by atoms with Crippen molar-refractivity contribution in [3.8, 4) is 0 Å². The van der Waals surface area contributed by atoms with Crippen LogP contribution >= 0.6 is 0 Å². The molecular weight excluding hydrogens is 211 g/mol. The molecule has 0 radical (unpaired) electrons. The standard InChI is InChI=1S/C10H11FN4O/c11-7-2-1-3-8(10(7)12)13-5-4-9-14-6-15-16-9/h1-3,6,13H,4-5,12H2. The summed E-state index contributed by atoms with van der Waals surface area (Å²) >= 11 is 0. The normalized spacial score (nSPS) is 10.3. The predicted octanol–water partition coefficient (Wildman–Crippen LogP) is 1.45. The molecule has 0 unspecified atom stereocenters. The number of para-hydroxylation sites is 1. The number of aromatic nitrogens is 2. The lowest BCUT2D eigenvalue weighted by Gasteiger charge is -2.08. The van der Waals surface area contributed by atoms with Gasteiger partial charge in [0.25, 0.3) is 0 Å². The quantitative estimate of drug-likeness (QED) is 0.765. The SMILES string of the molecule is Nc1c(F)cccc1NCCc1ncno1. The van der Waals surface area contributed by atoms with Gasteiger partial charge in [-0.3, -0.25) is 0 Å². The summed E-state index contributed by atoms with van der Waals surface area (Å²) in [6, 6.07) is 4.63. The summed E-state index contributed by atoms with van der Waals surface area (Å²) in [6.45, 7) is 0.551. The van der Waals surface area contributed by atoms with Gasteiger partial charge in [-0.25, -0.2) is 4.39 Å². The molecule has 16 heavy (non-hydrogen) atoms. The summed E-state index contributed by atoms with van der Waals surface area (Å²) in [7, 11) is 0. The molecule has 0 bridgehead atoms. The molecule has 1 aromatic carbocycles. The Morgan fingerprint density at radius 2 is 2.31 bits per heavy atom. The number of benzene rings is 1. The zero-order valence-electron chi connectivity index (χ0n) is 8.48. The van der Waals surface area contributed by atoms with Crippen LogP contribution in [0.4, 0.5) is 15.8 Å². The van der Waals surface area contributed by atoms with Gasteiger partial charge < -0.3 is 15.6 Å². The highest BCUT2D eigenvalue weighted by atomic mass is 19.1. The molecule has 1 heterocycles. The molecule has 0 aliphatic rings. The zero-order valence-corrected chi connectivity index (χ0v) is 8.48. The summed E-state index contributed by atoms with van der Waals surface area (Å²) in [5, 5.41) is 6.48. The first-order valence-electron chi connectivity index (χ1n) is 4.81. The van der Waals surface area contributed by atoms with Gasteiger partial charge in [0.1, 0.15) is 5.82 Å². The number of nitrogens with zero attached hydrogens (tertiary/aromatic N) is 2. The fourth-order valence-corrected chi connectivity index (χ4v) is 1.30. The fraction of sp³-hybridized carbons (Fsp3) is 0.200. The van der Waals surface area contributed by atoms with Gasteiger partial charge in [0, 0.05) is 13.0 Å². The maximum absolute atomic E-state index is 13.1. The van der Waals surface area contributed by atoms with Crippen molar-refractivity contribution in [2.45, 2.75) is 6.42 Å². The largest absolute Gasteiger partial charge is 0.395 e.